The molecule has 1 aromatic carbocycles. The van der Waals surface area contributed by atoms with Crippen molar-refractivity contribution in [3.63, 3.8) is 0 Å². The van der Waals surface area contributed by atoms with Crippen molar-refractivity contribution in [2.75, 3.05) is 27.1 Å². The lowest BCUT2D eigenvalue weighted by Crippen LogP contribution is -2.51. The van der Waals surface area contributed by atoms with Gasteiger partial charge in [0, 0.05) is 58.8 Å². The van der Waals surface area contributed by atoms with Gasteiger partial charge in [0.15, 0.2) is 11.5 Å². The van der Waals surface area contributed by atoms with Crippen molar-refractivity contribution < 1.29 is 58.8 Å². The summed E-state index contributed by atoms with van der Waals surface area (Å²) < 4.78 is 251. The van der Waals surface area contributed by atoms with Gasteiger partial charge in [0.05, 0.1) is 26.4 Å². The van der Waals surface area contributed by atoms with Gasteiger partial charge in [-0.2, -0.15) is 0 Å². The molecule has 0 radical (unpaired) electrons. The number of nitrogens with zero attached hydrogens (tertiary/aromatic N) is 1. The molecule has 2 aliphatic rings. The zero-order valence-corrected chi connectivity index (χ0v) is 15.3. The monoisotopic (exact) mass is 447 g/mol. The van der Waals surface area contributed by atoms with E-state index in [2.05, 4.69) is 0 Å². The molecule has 0 aromatic heterocycles. The molecule has 3 rings (SSSR count). The lowest BCUT2D eigenvalue weighted by Gasteiger charge is -2.47. The maximum Gasteiger partial charge on any atom is 0.323 e. The summed E-state index contributed by atoms with van der Waals surface area (Å²) in [6.45, 7) is -22.3. The average Bonchev–Trinajstić information content (AvgIpc) is 2.95. The van der Waals surface area contributed by atoms with E-state index in [9.17, 15) is 7.54 Å². The van der Waals surface area contributed by atoms with Crippen molar-refractivity contribution in [2.24, 2.45) is 23.4 Å². The molecule has 0 bridgehead atoms. The molecule has 2 heterocycles. The fourth-order valence-corrected chi connectivity index (χ4v) is 3.01. The Kier molecular flexibility index (Phi) is 1.90. The minimum Gasteiger partial charge on any atom is -0.493 e. The highest BCUT2D eigenvalue weighted by molar-refractivity contribution is 5.76. The van der Waals surface area contributed by atoms with Gasteiger partial charge in [-0.15, -0.1) is 0 Å². The van der Waals surface area contributed by atoms with E-state index in [-0.39, 0.29) is 4.90 Å². The summed E-state index contributed by atoms with van der Waals surface area (Å²) in [5.74, 6) is -16.7. The third-order valence-electron chi connectivity index (χ3n) is 4.39. The van der Waals surface area contributed by atoms with Crippen LogP contribution in [0.15, 0.2) is 12.1 Å². The van der Waals surface area contributed by atoms with Crippen molar-refractivity contribution in [3.05, 3.63) is 23.3 Å². The van der Waals surface area contributed by atoms with Gasteiger partial charge in [0.2, 0.25) is 0 Å². The summed E-state index contributed by atoms with van der Waals surface area (Å²) in [7, 11) is -6.88. The van der Waals surface area contributed by atoms with Gasteiger partial charge in [-0.25, -0.2) is 0 Å². The van der Waals surface area contributed by atoms with Crippen molar-refractivity contribution in [3.8, 4) is 11.5 Å². The van der Waals surface area contributed by atoms with Crippen molar-refractivity contribution >= 4 is 5.97 Å². The molecule has 4 atom stereocenters. The highest BCUT2D eigenvalue weighted by Crippen LogP contribution is 2.44. The topological polar surface area (TPSA) is 74.0 Å². The largest absolute Gasteiger partial charge is 0.493 e. The molecule has 30 heavy (non-hydrogen) atoms. The normalized spacial score (nSPS) is 52.2. The highest BCUT2D eigenvalue weighted by atomic mass is 16.5. The molecule has 2 N–H and O–H groups in total. The van der Waals surface area contributed by atoms with E-state index < -0.39 is 138 Å². The molecule has 0 spiro atoms. The van der Waals surface area contributed by atoms with Gasteiger partial charge < -0.3 is 19.9 Å². The Morgan fingerprint density at radius 1 is 1.37 bits per heavy atom. The number of methoxy groups -OCH3 is 2. The first kappa shape index (κ1) is 5.96. The Balaban J connectivity index is 2.57. The average molecular weight is 448 g/mol. The summed E-state index contributed by atoms with van der Waals surface area (Å²) in [5, 5.41) is 0. The number of benzene rings is 1. The molecule has 1 saturated heterocycles. The maximum atomic E-state index is 13.9. The third-order valence-corrected chi connectivity index (χ3v) is 4.39. The number of ether oxygens (including phenoxy) is 3. The first-order valence-corrected chi connectivity index (χ1v) is 8.33. The number of aryl methyl sites for hydroxylation is 1. The van der Waals surface area contributed by atoms with Crippen LogP contribution in [0, 0.1) is 17.7 Å². The van der Waals surface area contributed by atoms with Gasteiger partial charge in [0.25, 0.3) is 0 Å². The number of esters is 1. The first-order chi connectivity index (χ1) is 25.5. The van der Waals surface area contributed by atoms with Crippen molar-refractivity contribution in [1.82, 2.24) is 4.90 Å². The van der Waals surface area contributed by atoms with Crippen LogP contribution >= 0.6 is 0 Å². The summed E-state index contributed by atoms with van der Waals surface area (Å²) in [6.07, 6.45) is -13.7. The Morgan fingerprint density at radius 3 is 2.83 bits per heavy atom. The molecule has 168 valence electrons. The lowest BCUT2D eigenvalue weighted by atomic mass is 9.79. The quantitative estimate of drug-likeness (QED) is 0.644. The molecule has 6 heteroatoms. The molecular weight excluding hydrogens is 380 g/mol. The summed E-state index contributed by atoms with van der Waals surface area (Å²) in [6, 6.07) is -6.75. The van der Waals surface area contributed by atoms with E-state index in [1.165, 1.54) is 0 Å². The number of hydrogen-bond acceptors (Lipinski definition) is 6. The lowest BCUT2D eigenvalue weighted by molar-refractivity contribution is -0.160. The van der Waals surface area contributed by atoms with E-state index in [1.807, 2.05) is 0 Å². The number of rotatable bonds is 7. The Hall–Kier alpha value is -1.79. The zero-order chi connectivity index (χ0) is 47.0. The number of fused-ring (bicyclic) bond motifs is 3. The molecule has 1 aromatic rings. The third kappa shape index (κ3) is 4.75. The molecule has 2 aliphatic heterocycles. The van der Waals surface area contributed by atoms with Gasteiger partial charge in [-0.05, 0) is 47.8 Å². The fourth-order valence-electron chi connectivity index (χ4n) is 3.01. The molecule has 1 fully saturated rings. The van der Waals surface area contributed by atoms with Gasteiger partial charge in [-0.1, -0.05) is 27.4 Å². The van der Waals surface area contributed by atoms with Crippen LogP contribution in [-0.4, -0.2) is 50.1 Å². The zero-order valence-electron chi connectivity index (χ0n) is 44.3. The van der Waals surface area contributed by atoms with Gasteiger partial charge >= 0.3 is 5.97 Å². The van der Waals surface area contributed by atoms with Crippen LogP contribution in [0.3, 0.4) is 0 Å². The summed E-state index contributed by atoms with van der Waals surface area (Å²) in [5.41, 5.74) is 3.62. The van der Waals surface area contributed by atoms with Crippen LogP contribution in [-0.2, 0) is 15.9 Å². The minimum atomic E-state index is -4.41. The molecule has 0 aliphatic carbocycles. The van der Waals surface area contributed by atoms with Crippen molar-refractivity contribution in [2.45, 2.75) is 64.7 Å². The van der Waals surface area contributed by atoms with Crippen LogP contribution in [0.1, 0.15) is 97.1 Å². The van der Waals surface area contributed by atoms with Crippen LogP contribution in [0.4, 0.5) is 0 Å². The van der Waals surface area contributed by atoms with Crippen LogP contribution in [0.5, 0.6) is 11.5 Å². The van der Waals surface area contributed by atoms with Gasteiger partial charge in [0.1, 0.15) is 12.1 Å². The second-order valence-electron chi connectivity index (χ2n) is 6.24. The van der Waals surface area contributed by atoms with E-state index >= 15 is 0 Å². The second kappa shape index (κ2) is 9.56. The van der Waals surface area contributed by atoms with Crippen LogP contribution < -0.4 is 15.2 Å². The number of nitrogens with two attached hydrogens (primary N) is 1. The van der Waals surface area contributed by atoms with Crippen LogP contribution in [0.2, 0.25) is 0 Å². The number of piperidine rings is 1. The molecule has 0 saturated carbocycles. The Morgan fingerprint density at radius 2 is 2.13 bits per heavy atom. The highest BCUT2D eigenvalue weighted by Gasteiger charge is 2.41. The number of carbonyl (C=O) groups excluding carboxylic acids is 1. The van der Waals surface area contributed by atoms with Crippen molar-refractivity contribution in [1.29, 1.82) is 0 Å². The minimum absolute atomic E-state index is 0.0738. The number of carbonyl (C=O) groups is 1. The fraction of sp³-hybridized carbons (Fsp3) is 0.708. The SMILES string of the molecule is [2H]C([2H])([2H])Oc1cc2c(cc1OC([2H])([2H])[2H])C([2H])([2H])C([2H])([2H])N1CC(C([2H])([2H])C([2H])(C([2H])([2H])[2H])C([2H])([2H])[2H])C([2H])(OC(=O)[C@@]([2H])(N)C([2H])(C([2H])([2H])[2H])C([2H])([2H])[2H])CC21[2H]. The Labute approximate surface area is 221 Å². The molecule has 3 unspecified atom stereocenters. The van der Waals surface area contributed by atoms with E-state index in [1.54, 1.807) is 0 Å². The standard InChI is InChI=1S/C24H38N2O4/c1-14(2)9-17-13-26-8-7-16-10-21(28-5)22(29-6)11-18(16)19(26)12-20(17)30-24(27)23(25)15(3)4/h10-11,14-15,17,19-20,23H,7-9,12-13,25H2,1-6H3/t17?,19?,20?,23-/m0/s1/i1D3,2D3,3D3,4D3,5D3,6D3,7D2,8D2,9D2,14D,15D,19D,20D,23D. The Bertz CT molecular complexity index is 1760. The van der Waals surface area contributed by atoms with E-state index in [0.29, 0.717) is 12.1 Å². The smallest absolute Gasteiger partial charge is 0.323 e. The summed E-state index contributed by atoms with van der Waals surface area (Å²) in [4.78, 5) is 14.0. The van der Waals surface area contributed by atoms with E-state index in [0.717, 1.165) is 0 Å². The first-order valence-electron chi connectivity index (χ1n) is 22.8. The predicted molar refractivity (Wildman–Crippen MR) is 118 cm³/mol. The van der Waals surface area contributed by atoms with Gasteiger partial charge in [-0.3, -0.25) is 9.69 Å². The molecule has 6 nitrogen and oxygen atoms in total. The second-order valence-corrected chi connectivity index (χ2v) is 6.24. The number of hydrogen-bond donors (Lipinski definition) is 1. The predicted octanol–water partition coefficient (Wildman–Crippen LogP) is 3.56. The van der Waals surface area contributed by atoms with E-state index in [4.69, 9.17) is 57.0 Å². The van der Waals surface area contributed by atoms with Crippen LogP contribution in [0.25, 0.3) is 0 Å². The maximum absolute atomic E-state index is 13.9. The molecular formula is C24H38N2O4. The molecule has 0 amide bonds. The summed E-state index contributed by atoms with van der Waals surface area (Å²) >= 11 is 0.